The SMILES string of the molecule is COc1ccccc1CC(=O)Nc1ccc(-c2cnc[nH]2)cc1. The predicted molar refractivity (Wildman–Crippen MR) is 89.4 cm³/mol. The van der Waals surface area contributed by atoms with E-state index < -0.39 is 0 Å². The molecular formula is C18H17N3O2. The van der Waals surface area contributed by atoms with Crippen LogP contribution in [-0.4, -0.2) is 23.0 Å². The van der Waals surface area contributed by atoms with Gasteiger partial charge in [-0.3, -0.25) is 4.79 Å². The van der Waals surface area contributed by atoms with E-state index in [-0.39, 0.29) is 12.3 Å². The van der Waals surface area contributed by atoms with Gasteiger partial charge in [-0.15, -0.1) is 0 Å². The average Bonchev–Trinajstić information content (AvgIpc) is 3.10. The van der Waals surface area contributed by atoms with Crippen LogP contribution in [0.25, 0.3) is 11.3 Å². The smallest absolute Gasteiger partial charge is 0.228 e. The van der Waals surface area contributed by atoms with Gasteiger partial charge in [0.15, 0.2) is 0 Å². The van der Waals surface area contributed by atoms with E-state index in [0.717, 1.165) is 28.3 Å². The highest BCUT2D eigenvalue weighted by Gasteiger charge is 2.08. The molecule has 0 unspecified atom stereocenters. The topological polar surface area (TPSA) is 67.0 Å². The quantitative estimate of drug-likeness (QED) is 0.760. The standard InChI is InChI=1S/C18H17N3O2/c1-23-17-5-3-2-4-14(17)10-18(22)21-15-8-6-13(7-9-15)16-11-19-12-20-16/h2-9,11-12H,10H2,1H3,(H,19,20)(H,21,22). The Labute approximate surface area is 134 Å². The first-order chi connectivity index (χ1) is 11.3. The molecule has 2 N–H and O–H groups in total. The van der Waals surface area contributed by atoms with Crippen LogP contribution in [0.1, 0.15) is 5.56 Å². The highest BCUT2D eigenvalue weighted by atomic mass is 16.5. The summed E-state index contributed by atoms with van der Waals surface area (Å²) in [5, 5.41) is 2.89. The fourth-order valence-corrected chi connectivity index (χ4v) is 2.37. The lowest BCUT2D eigenvalue weighted by atomic mass is 10.1. The molecule has 0 aliphatic heterocycles. The molecule has 1 amide bonds. The number of carbonyl (C=O) groups excluding carboxylic acids is 1. The second-order valence-corrected chi connectivity index (χ2v) is 5.08. The third-order valence-corrected chi connectivity index (χ3v) is 3.52. The van der Waals surface area contributed by atoms with E-state index in [2.05, 4.69) is 15.3 Å². The minimum atomic E-state index is -0.0798. The second kappa shape index (κ2) is 6.79. The molecule has 0 bridgehead atoms. The molecule has 2 aromatic carbocycles. The van der Waals surface area contributed by atoms with Crippen molar-refractivity contribution in [2.45, 2.75) is 6.42 Å². The van der Waals surface area contributed by atoms with Gasteiger partial charge in [-0.05, 0) is 23.8 Å². The maximum Gasteiger partial charge on any atom is 0.228 e. The molecule has 5 nitrogen and oxygen atoms in total. The normalized spacial score (nSPS) is 10.3. The third-order valence-electron chi connectivity index (χ3n) is 3.52. The molecule has 0 aliphatic rings. The third kappa shape index (κ3) is 3.58. The van der Waals surface area contributed by atoms with Crippen LogP contribution < -0.4 is 10.1 Å². The van der Waals surface area contributed by atoms with Crippen molar-refractivity contribution in [2.75, 3.05) is 12.4 Å². The summed E-state index contributed by atoms with van der Waals surface area (Å²) < 4.78 is 5.26. The Bertz CT molecular complexity index is 780. The number of methoxy groups -OCH3 is 1. The van der Waals surface area contributed by atoms with Crippen LogP contribution in [0.2, 0.25) is 0 Å². The maximum atomic E-state index is 12.2. The monoisotopic (exact) mass is 307 g/mol. The minimum Gasteiger partial charge on any atom is -0.496 e. The summed E-state index contributed by atoms with van der Waals surface area (Å²) in [7, 11) is 1.60. The van der Waals surface area contributed by atoms with Crippen molar-refractivity contribution in [3.05, 3.63) is 66.6 Å². The van der Waals surface area contributed by atoms with Gasteiger partial charge >= 0.3 is 0 Å². The Morgan fingerprint density at radius 3 is 2.65 bits per heavy atom. The highest BCUT2D eigenvalue weighted by Crippen LogP contribution is 2.20. The Kier molecular flexibility index (Phi) is 4.38. The lowest BCUT2D eigenvalue weighted by Crippen LogP contribution is -2.14. The zero-order valence-corrected chi connectivity index (χ0v) is 12.7. The van der Waals surface area contributed by atoms with Gasteiger partial charge in [0, 0.05) is 11.3 Å². The summed E-state index contributed by atoms with van der Waals surface area (Å²) >= 11 is 0. The van der Waals surface area contributed by atoms with E-state index >= 15 is 0 Å². The Hall–Kier alpha value is -3.08. The number of rotatable bonds is 5. The zero-order valence-electron chi connectivity index (χ0n) is 12.7. The second-order valence-electron chi connectivity index (χ2n) is 5.08. The lowest BCUT2D eigenvalue weighted by Gasteiger charge is -2.09. The average molecular weight is 307 g/mol. The van der Waals surface area contributed by atoms with Crippen LogP contribution in [0.4, 0.5) is 5.69 Å². The van der Waals surface area contributed by atoms with Crippen LogP contribution in [-0.2, 0) is 11.2 Å². The number of carbonyl (C=O) groups is 1. The molecule has 0 spiro atoms. The van der Waals surface area contributed by atoms with E-state index in [1.807, 2.05) is 48.5 Å². The number of nitrogens with zero attached hydrogens (tertiary/aromatic N) is 1. The number of nitrogens with one attached hydrogen (secondary N) is 2. The van der Waals surface area contributed by atoms with Crippen LogP contribution in [0.3, 0.4) is 0 Å². The van der Waals surface area contributed by atoms with E-state index in [1.54, 1.807) is 19.6 Å². The molecule has 0 radical (unpaired) electrons. The van der Waals surface area contributed by atoms with Crippen LogP contribution >= 0.6 is 0 Å². The molecular weight excluding hydrogens is 290 g/mol. The van der Waals surface area contributed by atoms with Crippen molar-refractivity contribution in [2.24, 2.45) is 0 Å². The number of hydrogen-bond acceptors (Lipinski definition) is 3. The number of aromatic amines is 1. The molecule has 116 valence electrons. The number of ether oxygens (including phenoxy) is 1. The summed E-state index contributed by atoms with van der Waals surface area (Å²) in [5.41, 5.74) is 3.58. The van der Waals surface area contributed by atoms with E-state index in [4.69, 9.17) is 4.74 Å². The van der Waals surface area contributed by atoms with Gasteiger partial charge < -0.3 is 15.0 Å². The number of H-pyrrole nitrogens is 1. The highest BCUT2D eigenvalue weighted by molar-refractivity contribution is 5.92. The Balaban J connectivity index is 1.66. The molecule has 0 saturated heterocycles. The zero-order chi connectivity index (χ0) is 16.1. The van der Waals surface area contributed by atoms with Crippen molar-refractivity contribution >= 4 is 11.6 Å². The maximum absolute atomic E-state index is 12.2. The lowest BCUT2D eigenvalue weighted by molar-refractivity contribution is -0.115. The fourth-order valence-electron chi connectivity index (χ4n) is 2.37. The molecule has 1 heterocycles. The molecule has 0 saturated carbocycles. The van der Waals surface area contributed by atoms with Crippen LogP contribution in [0.5, 0.6) is 5.75 Å². The van der Waals surface area contributed by atoms with Gasteiger partial charge in [-0.25, -0.2) is 4.98 Å². The van der Waals surface area contributed by atoms with Gasteiger partial charge in [0.2, 0.25) is 5.91 Å². The van der Waals surface area contributed by atoms with Crippen molar-refractivity contribution < 1.29 is 9.53 Å². The molecule has 3 rings (SSSR count). The summed E-state index contributed by atoms with van der Waals surface area (Å²) in [6, 6.07) is 15.1. The van der Waals surface area contributed by atoms with Gasteiger partial charge in [-0.1, -0.05) is 30.3 Å². The predicted octanol–water partition coefficient (Wildman–Crippen LogP) is 3.27. The molecule has 0 atom stereocenters. The van der Waals surface area contributed by atoms with Gasteiger partial charge in [-0.2, -0.15) is 0 Å². The first-order valence-electron chi connectivity index (χ1n) is 7.27. The molecule has 0 aliphatic carbocycles. The largest absolute Gasteiger partial charge is 0.496 e. The number of amides is 1. The van der Waals surface area contributed by atoms with Crippen molar-refractivity contribution in [1.29, 1.82) is 0 Å². The van der Waals surface area contributed by atoms with E-state index in [1.165, 1.54) is 0 Å². The van der Waals surface area contributed by atoms with Crippen molar-refractivity contribution in [3.63, 3.8) is 0 Å². The van der Waals surface area contributed by atoms with Crippen LogP contribution in [0, 0.1) is 0 Å². The molecule has 3 aromatic rings. The number of benzene rings is 2. The Morgan fingerprint density at radius 1 is 1.17 bits per heavy atom. The first-order valence-corrected chi connectivity index (χ1v) is 7.27. The van der Waals surface area contributed by atoms with Crippen molar-refractivity contribution in [1.82, 2.24) is 9.97 Å². The van der Waals surface area contributed by atoms with Crippen molar-refractivity contribution in [3.8, 4) is 17.0 Å². The summed E-state index contributed by atoms with van der Waals surface area (Å²) in [6.45, 7) is 0. The summed E-state index contributed by atoms with van der Waals surface area (Å²) in [5.74, 6) is 0.640. The molecule has 5 heteroatoms. The first kappa shape index (κ1) is 14.8. The molecule has 1 aromatic heterocycles. The number of para-hydroxylation sites is 1. The number of aromatic nitrogens is 2. The molecule has 23 heavy (non-hydrogen) atoms. The Morgan fingerprint density at radius 2 is 1.96 bits per heavy atom. The summed E-state index contributed by atoms with van der Waals surface area (Å²) in [4.78, 5) is 19.2. The minimum absolute atomic E-state index is 0.0798. The van der Waals surface area contributed by atoms with E-state index in [9.17, 15) is 4.79 Å². The fraction of sp³-hybridized carbons (Fsp3) is 0.111. The number of imidazole rings is 1. The number of hydrogen-bond donors (Lipinski definition) is 2. The van der Waals surface area contributed by atoms with Gasteiger partial charge in [0.05, 0.1) is 31.7 Å². The van der Waals surface area contributed by atoms with Gasteiger partial charge in [0.25, 0.3) is 0 Å². The van der Waals surface area contributed by atoms with E-state index in [0.29, 0.717) is 0 Å². The van der Waals surface area contributed by atoms with Crippen LogP contribution in [0.15, 0.2) is 61.1 Å². The molecule has 0 fully saturated rings. The summed E-state index contributed by atoms with van der Waals surface area (Å²) in [6.07, 6.45) is 3.67. The van der Waals surface area contributed by atoms with Gasteiger partial charge in [0.1, 0.15) is 5.75 Å². The number of anilines is 1.